The monoisotopic (exact) mass is 434 g/mol. The van der Waals surface area contributed by atoms with Crippen LogP contribution in [0.2, 0.25) is 5.02 Å². The van der Waals surface area contributed by atoms with Crippen molar-refractivity contribution in [1.82, 2.24) is 0 Å². The minimum absolute atomic E-state index is 0.316. The molecular formula is C24H19ClN2O4. The number of halogens is 1. The van der Waals surface area contributed by atoms with Crippen molar-refractivity contribution in [2.24, 2.45) is 5.92 Å². The fraction of sp³-hybridized carbons (Fsp3) is 0.167. The van der Waals surface area contributed by atoms with E-state index in [0.29, 0.717) is 16.5 Å². The van der Waals surface area contributed by atoms with Crippen LogP contribution in [0.15, 0.2) is 78.9 Å². The van der Waals surface area contributed by atoms with Crippen molar-refractivity contribution >= 4 is 34.8 Å². The van der Waals surface area contributed by atoms with Gasteiger partial charge in [0.25, 0.3) is 5.91 Å². The van der Waals surface area contributed by atoms with Gasteiger partial charge in [0.2, 0.25) is 5.91 Å². The normalized spacial score (nSPS) is 22.7. The number of hydrogen-bond acceptors (Lipinski definition) is 5. The first-order valence-electron chi connectivity index (χ1n) is 9.87. The van der Waals surface area contributed by atoms with Gasteiger partial charge in [-0.1, -0.05) is 48.0 Å². The molecule has 2 fully saturated rings. The fourth-order valence-corrected chi connectivity index (χ4v) is 4.48. The highest BCUT2D eigenvalue weighted by molar-refractivity contribution is 6.31. The van der Waals surface area contributed by atoms with Crippen molar-refractivity contribution in [3.05, 3.63) is 89.4 Å². The number of carbonyl (C=O) groups excluding carboxylic acids is 2. The lowest BCUT2D eigenvalue weighted by Crippen LogP contribution is -2.37. The number of carbonyl (C=O) groups is 2. The van der Waals surface area contributed by atoms with E-state index in [-0.39, 0.29) is 5.91 Å². The summed E-state index contributed by atoms with van der Waals surface area (Å²) in [6, 6.07) is 23.0. The van der Waals surface area contributed by atoms with Gasteiger partial charge in [-0.15, -0.1) is 0 Å². The summed E-state index contributed by atoms with van der Waals surface area (Å²) in [6.45, 7) is 0. The largest absolute Gasteiger partial charge is 0.497 e. The summed E-state index contributed by atoms with van der Waals surface area (Å²) in [5.41, 5.74) is 1.97. The second-order valence-corrected chi connectivity index (χ2v) is 7.80. The summed E-state index contributed by atoms with van der Waals surface area (Å²) >= 11 is 6.51. The number of hydrogen-bond donors (Lipinski definition) is 0. The molecule has 0 N–H and O–H groups in total. The molecule has 0 radical (unpaired) electrons. The number of benzene rings is 3. The maximum absolute atomic E-state index is 13.5. The molecule has 5 rings (SSSR count). The molecule has 3 atom stereocenters. The van der Waals surface area contributed by atoms with E-state index >= 15 is 0 Å². The Morgan fingerprint density at radius 3 is 2.19 bits per heavy atom. The van der Waals surface area contributed by atoms with Gasteiger partial charge < -0.3 is 4.74 Å². The molecule has 2 aliphatic heterocycles. The van der Waals surface area contributed by atoms with Gasteiger partial charge in [0.15, 0.2) is 6.10 Å². The molecule has 2 saturated heterocycles. The van der Waals surface area contributed by atoms with Gasteiger partial charge in [-0.2, -0.15) is 0 Å². The zero-order chi connectivity index (χ0) is 21.5. The third kappa shape index (κ3) is 3.15. The van der Waals surface area contributed by atoms with Gasteiger partial charge in [0, 0.05) is 5.02 Å². The van der Waals surface area contributed by atoms with Gasteiger partial charge >= 0.3 is 0 Å². The maximum atomic E-state index is 13.5. The van der Waals surface area contributed by atoms with E-state index in [4.69, 9.17) is 21.2 Å². The third-order valence-electron chi connectivity index (χ3n) is 5.68. The number of para-hydroxylation sites is 1. The molecule has 0 spiro atoms. The third-order valence-corrected chi connectivity index (χ3v) is 6.02. The van der Waals surface area contributed by atoms with Crippen molar-refractivity contribution < 1.29 is 19.2 Å². The molecule has 2 amide bonds. The first kappa shape index (κ1) is 19.6. The van der Waals surface area contributed by atoms with E-state index in [9.17, 15) is 9.59 Å². The van der Waals surface area contributed by atoms with E-state index in [0.717, 1.165) is 11.3 Å². The molecular weight excluding hydrogens is 416 g/mol. The Morgan fingerprint density at radius 2 is 1.52 bits per heavy atom. The first-order chi connectivity index (χ1) is 15.1. The lowest BCUT2D eigenvalue weighted by atomic mass is 9.90. The van der Waals surface area contributed by atoms with Crippen LogP contribution >= 0.6 is 11.6 Å². The van der Waals surface area contributed by atoms with Crippen LogP contribution in [0.1, 0.15) is 11.6 Å². The van der Waals surface area contributed by atoms with E-state index in [2.05, 4.69) is 0 Å². The van der Waals surface area contributed by atoms with Gasteiger partial charge in [0.05, 0.1) is 24.5 Å². The number of amides is 2. The summed E-state index contributed by atoms with van der Waals surface area (Å²) in [5, 5.41) is 2.15. The standard InChI is InChI=1S/C24H19ClN2O4/c1-30-17-13-11-15(12-14-17)26-23(28)20-21(18-9-5-6-10-19(18)25)27(31-22(20)24(26)29)16-7-3-2-4-8-16/h2-14,20-22H,1H3/t20-,21+,22+/m0/s1. The van der Waals surface area contributed by atoms with Gasteiger partial charge in [-0.3, -0.25) is 14.4 Å². The topological polar surface area (TPSA) is 59.1 Å². The minimum Gasteiger partial charge on any atom is -0.497 e. The van der Waals surface area contributed by atoms with Crippen molar-refractivity contribution in [2.45, 2.75) is 12.1 Å². The summed E-state index contributed by atoms with van der Waals surface area (Å²) in [7, 11) is 1.56. The van der Waals surface area contributed by atoms with Crippen molar-refractivity contribution in [3.63, 3.8) is 0 Å². The molecule has 3 aromatic carbocycles. The molecule has 2 heterocycles. The van der Waals surface area contributed by atoms with Crippen molar-refractivity contribution in [1.29, 1.82) is 0 Å². The van der Waals surface area contributed by atoms with Crippen LogP contribution in [0.5, 0.6) is 5.75 Å². The molecule has 0 aromatic heterocycles. The summed E-state index contributed by atoms with van der Waals surface area (Å²) in [5.74, 6) is -0.794. The van der Waals surface area contributed by atoms with Crippen LogP contribution < -0.4 is 14.7 Å². The fourth-order valence-electron chi connectivity index (χ4n) is 4.23. The minimum atomic E-state index is -0.934. The molecule has 0 saturated carbocycles. The van der Waals surface area contributed by atoms with Crippen LogP contribution in [0.3, 0.4) is 0 Å². The SMILES string of the molecule is COc1ccc(N2C(=O)[C@H]3[C@@H](c4ccccc4Cl)N(c4ccccc4)O[C@H]3C2=O)cc1. The Labute approximate surface area is 184 Å². The number of imide groups is 1. The Hall–Kier alpha value is -3.35. The smallest absolute Gasteiger partial charge is 0.266 e. The number of anilines is 2. The van der Waals surface area contributed by atoms with E-state index in [1.165, 1.54) is 4.90 Å². The van der Waals surface area contributed by atoms with Crippen LogP contribution in [0, 0.1) is 5.92 Å². The van der Waals surface area contributed by atoms with Crippen LogP contribution in [0.25, 0.3) is 0 Å². The van der Waals surface area contributed by atoms with E-state index < -0.39 is 24.0 Å². The van der Waals surface area contributed by atoms with Crippen LogP contribution in [-0.4, -0.2) is 25.0 Å². The average molecular weight is 435 g/mol. The first-order valence-corrected chi connectivity index (χ1v) is 10.3. The second-order valence-electron chi connectivity index (χ2n) is 7.39. The number of fused-ring (bicyclic) bond motifs is 1. The maximum Gasteiger partial charge on any atom is 0.266 e. The molecule has 0 unspecified atom stereocenters. The Morgan fingerprint density at radius 1 is 0.839 bits per heavy atom. The second kappa shape index (κ2) is 7.72. The van der Waals surface area contributed by atoms with Crippen LogP contribution in [-0.2, 0) is 14.4 Å². The Kier molecular flexibility index (Phi) is 4.88. The summed E-state index contributed by atoms with van der Waals surface area (Å²) in [4.78, 5) is 34.1. The highest BCUT2D eigenvalue weighted by Gasteiger charge is 2.60. The molecule has 31 heavy (non-hydrogen) atoms. The predicted molar refractivity (Wildman–Crippen MR) is 117 cm³/mol. The highest BCUT2D eigenvalue weighted by Crippen LogP contribution is 2.48. The van der Waals surface area contributed by atoms with E-state index in [1.54, 1.807) is 42.5 Å². The Balaban J connectivity index is 1.58. The molecule has 3 aromatic rings. The molecule has 0 aliphatic carbocycles. The van der Waals surface area contributed by atoms with Crippen LogP contribution in [0.4, 0.5) is 11.4 Å². The molecule has 6 nitrogen and oxygen atoms in total. The van der Waals surface area contributed by atoms with Gasteiger partial charge in [0.1, 0.15) is 11.7 Å². The molecule has 0 bridgehead atoms. The predicted octanol–water partition coefficient (Wildman–Crippen LogP) is 4.40. The quantitative estimate of drug-likeness (QED) is 0.570. The molecule has 7 heteroatoms. The van der Waals surface area contributed by atoms with Crippen molar-refractivity contribution in [2.75, 3.05) is 17.1 Å². The van der Waals surface area contributed by atoms with Gasteiger partial charge in [-0.25, -0.2) is 9.96 Å². The summed E-state index contributed by atoms with van der Waals surface area (Å²) < 4.78 is 5.18. The summed E-state index contributed by atoms with van der Waals surface area (Å²) in [6.07, 6.45) is -0.934. The molecule has 156 valence electrons. The lowest BCUT2D eigenvalue weighted by molar-refractivity contribution is -0.126. The van der Waals surface area contributed by atoms with E-state index in [1.807, 2.05) is 48.5 Å². The Bertz CT molecular complexity index is 1140. The number of nitrogens with zero attached hydrogens (tertiary/aromatic N) is 2. The average Bonchev–Trinajstić information content (AvgIpc) is 3.31. The highest BCUT2D eigenvalue weighted by atomic mass is 35.5. The van der Waals surface area contributed by atoms with Gasteiger partial charge in [-0.05, 0) is 48.0 Å². The molecule has 2 aliphatic rings. The number of methoxy groups -OCH3 is 1. The zero-order valence-corrected chi connectivity index (χ0v) is 17.4. The lowest BCUT2D eigenvalue weighted by Gasteiger charge is -2.29. The zero-order valence-electron chi connectivity index (χ0n) is 16.6. The van der Waals surface area contributed by atoms with Crippen molar-refractivity contribution in [3.8, 4) is 5.75 Å². The number of ether oxygens (including phenoxy) is 1. The number of rotatable bonds is 4. The number of hydroxylamine groups is 1.